The molecule has 0 spiro atoms. The van der Waals surface area contributed by atoms with Gasteiger partial charge in [0.05, 0.1) is 47.7 Å². The van der Waals surface area contributed by atoms with Crippen molar-refractivity contribution in [1.29, 1.82) is 0 Å². The van der Waals surface area contributed by atoms with Gasteiger partial charge in [0.2, 0.25) is 0 Å². The first-order chi connectivity index (χ1) is 17.7. The lowest BCUT2D eigenvalue weighted by Crippen LogP contribution is -2.43. The molecule has 0 amide bonds. The molecule has 188 valence electrons. The van der Waals surface area contributed by atoms with Crippen molar-refractivity contribution >= 4 is 40.4 Å². The number of hydrazine groups is 1. The van der Waals surface area contributed by atoms with E-state index in [1.807, 2.05) is 35.2 Å². The number of anilines is 4. The van der Waals surface area contributed by atoms with Crippen molar-refractivity contribution in [2.75, 3.05) is 54.6 Å². The van der Waals surface area contributed by atoms with Gasteiger partial charge < -0.3 is 20.0 Å². The Labute approximate surface area is 213 Å². The van der Waals surface area contributed by atoms with E-state index >= 15 is 0 Å². The molecule has 10 nitrogen and oxygen atoms in total. The molecule has 5 rings (SSSR count). The highest BCUT2D eigenvalue weighted by Crippen LogP contribution is 2.30. The Kier molecular flexibility index (Phi) is 7.79. The van der Waals surface area contributed by atoms with Gasteiger partial charge in [0, 0.05) is 31.9 Å². The minimum Gasteiger partial charge on any atom is -0.378 e. The number of pyridine rings is 1. The third-order valence-corrected chi connectivity index (χ3v) is 6.18. The summed E-state index contributed by atoms with van der Waals surface area (Å²) in [5, 5.41) is 14.3. The quantitative estimate of drug-likeness (QED) is 0.442. The fourth-order valence-corrected chi connectivity index (χ4v) is 4.30. The SMILES string of the molecule is Fc1cnc(N=NCc2ccc(Nc3ccc(N4CCCCN4)c(Cl)c3)cn2)nc1N1CCOCC1. The van der Waals surface area contributed by atoms with E-state index < -0.39 is 5.82 Å². The van der Waals surface area contributed by atoms with Crippen LogP contribution in [0.15, 0.2) is 53.0 Å². The van der Waals surface area contributed by atoms with E-state index in [1.165, 1.54) is 6.42 Å². The second-order valence-corrected chi connectivity index (χ2v) is 8.84. The number of hydrogen-bond donors (Lipinski definition) is 2. The number of morpholine rings is 1. The van der Waals surface area contributed by atoms with E-state index in [9.17, 15) is 4.39 Å². The summed E-state index contributed by atoms with van der Waals surface area (Å²) >= 11 is 6.53. The number of rotatable bonds is 7. The number of nitrogens with zero attached hydrogens (tertiary/aromatic N) is 7. The third kappa shape index (κ3) is 6.04. The van der Waals surface area contributed by atoms with Crippen LogP contribution in [0.25, 0.3) is 0 Å². The van der Waals surface area contributed by atoms with Gasteiger partial charge in [-0.25, -0.2) is 14.8 Å². The molecule has 2 aliphatic heterocycles. The van der Waals surface area contributed by atoms with Crippen molar-refractivity contribution in [2.45, 2.75) is 19.4 Å². The number of halogens is 2. The number of ether oxygens (including phenoxy) is 1. The smallest absolute Gasteiger partial charge is 0.270 e. The molecule has 2 saturated heterocycles. The summed E-state index contributed by atoms with van der Waals surface area (Å²) in [6, 6.07) is 9.68. The fraction of sp³-hybridized carbons (Fsp3) is 0.375. The Morgan fingerprint density at radius 2 is 1.92 bits per heavy atom. The molecule has 2 N–H and O–H groups in total. The van der Waals surface area contributed by atoms with Crippen molar-refractivity contribution in [2.24, 2.45) is 10.2 Å². The molecule has 0 unspecified atom stereocenters. The second-order valence-electron chi connectivity index (χ2n) is 8.44. The minimum absolute atomic E-state index is 0.108. The molecule has 0 radical (unpaired) electrons. The standard InChI is InChI=1S/C24H27ClFN9O/c25-20-13-17(5-6-22(20)35-8-2-1-7-30-35)31-19-4-3-18(27-14-19)15-29-33-24-28-16-21(26)23(32-24)34-9-11-36-12-10-34/h3-6,13-14,16,30-31H,1-2,7-12,15H2. The van der Waals surface area contributed by atoms with Gasteiger partial charge in [-0.05, 0) is 43.2 Å². The summed E-state index contributed by atoms with van der Waals surface area (Å²) in [7, 11) is 0. The maximum Gasteiger partial charge on any atom is 0.270 e. The first-order valence-electron chi connectivity index (χ1n) is 11.9. The van der Waals surface area contributed by atoms with Gasteiger partial charge in [-0.2, -0.15) is 10.1 Å². The summed E-state index contributed by atoms with van der Waals surface area (Å²) in [5.41, 5.74) is 6.77. The zero-order chi connectivity index (χ0) is 24.7. The van der Waals surface area contributed by atoms with Gasteiger partial charge in [0.1, 0.15) is 6.54 Å². The summed E-state index contributed by atoms with van der Waals surface area (Å²) < 4.78 is 19.5. The van der Waals surface area contributed by atoms with Crippen molar-refractivity contribution in [1.82, 2.24) is 20.4 Å². The van der Waals surface area contributed by atoms with Crippen molar-refractivity contribution < 1.29 is 9.13 Å². The maximum atomic E-state index is 14.2. The molecule has 1 aromatic carbocycles. The molecule has 2 aliphatic rings. The molecule has 36 heavy (non-hydrogen) atoms. The van der Waals surface area contributed by atoms with Crippen molar-refractivity contribution in [3.05, 3.63) is 59.3 Å². The Hall–Kier alpha value is -3.41. The lowest BCUT2D eigenvalue weighted by Gasteiger charge is -2.30. The molecule has 0 bridgehead atoms. The molecular weight excluding hydrogens is 485 g/mol. The summed E-state index contributed by atoms with van der Waals surface area (Å²) in [4.78, 5) is 14.4. The van der Waals surface area contributed by atoms with Crippen LogP contribution in [0.5, 0.6) is 0 Å². The van der Waals surface area contributed by atoms with E-state index in [0.717, 1.165) is 48.5 Å². The maximum absolute atomic E-state index is 14.2. The zero-order valence-electron chi connectivity index (χ0n) is 19.7. The van der Waals surface area contributed by atoms with Crippen LogP contribution in [0.3, 0.4) is 0 Å². The van der Waals surface area contributed by atoms with Gasteiger partial charge in [0.25, 0.3) is 5.95 Å². The number of benzene rings is 1. The third-order valence-electron chi connectivity index (χ3n) is 5.88. The average Bonchev–Trinajstić information content (AvgIpc) is 2.92. The highest BCUT2D eigenvalue weighted by molar-refractivity contribution is 6.33. The van der Waals surface area contributed by atoms with Gasteiger partial charge in [-0.15, -0.1) is 5.11 Å². The van der Waals surface area contributed by atoms with E-state index in [-0.39, 0.29) is 18.3 Å². The first kappa shape index (κ1) is 24.3. The highest BCUT2D eigenvalue weighted by atomic mass is 35.5. The van der Waals surface area contributed by atoms with Gasteiger partial charge in [-0.1, -0.05) is 11.6 Å². The largest absolute Gasteiger partial charge is 0.378 e. The fourth-order valence-electron chi connectivity index (χ4n) is 4.02. The normalized spacial score (nSPS) is 16.5. The summed E-state index contributed by atoms with van der Waals surface area (Å²) in [6.45, 7) is 4.35. The van der Waals surface area contributed by atoms with Crippen LogP contribution in [-0.4, -0.2) is 54.3 Å². The lowest BCUT2D eigenvalue weighted by molar-refractivity contribution is 0.122. The van der Waals surface area contributed by atoms with E-state index in [1.54, 1.807) is 6.20 Å². The van der Waals surface area contributed by atoms with Crippen LogP contribution < -0.4 is 20.7 Å². The first-order valence-corrected chi connectivity index (χ1v) is 12.3. The van der Waals surface area contributed by atoms with Crippen molar-refractivity contribution in [3.63, 3.8) is 0 Å². The Morgan fingerprint density at radius 3 is 2.67 bits per heavy atom. The van der Waals surface area contributed by atoms with E-state index in [4.69, 9.17) is 16.3 Å². The van der Waals surface area contributed by atoms with Crippen LogP contribution >= 0.6 is 11.6 Å². The van der Waals surface area contributed by atoms with Gasteiger partial charge in [0.15, 0.2) is 11.6 Å². The van der Waals surface area contributed by atoms with Crippen LogP contribution in [0.2, 0.25) is 5.02 Å². The summed E-state index contributed by atoms with van der Waals surface area (Å²) in [5.74, 6) is -0.160. The molecule has 3 aromatic rings. The van der Waals surface area contributed by atoms with Crippen LogP contribution in [0.4, 0.5) is 33.2 Å². The molecule has 0 aliphatic carbocycles. The zero-order valence-corrected chi connectivity index (χ0v) is 20.5. The van der Waals surface area contributed by atoms with E-state index in [0.29, 0.717) is 31.3 Å². The molecule has 4 heterocycles. The Balaban J connectivity index is 1.17. The number of hydrogen-bond acceptors (Lipinski definition) is 10. The summed E-state index contributed by atoms with van der Waals surface area (Å²) in [6.07, 6.45) is 5.16. The Bertz CT molecular complexity index is 1200. The minimum atomic E-state index is -0.486. The molecular formula is C24H27ClFN9O. The number of aromatic nitrogens is 3. The molecule has 2 fully saturated rings. The van der Waals surface area contributed by atoms with E-state index in [2.05, 4.69) is 40.9 Å². The predicted octanol–water partition coefficient (Wildman–Crippen LogP) is 4.63. The molecule has 0 saturated carbocycles. The monoisotopic (exact) mass is 511 g/mol. The lowest BCUT2D eigenvalue weighted by atomic mass is 10.2. The average molecular weight is 512 g/mol. The number of azo groups is 1. The van der Waals surface area contributed by atoms with Gasteiger partial charge in [-0.3, -0.25) is 4.98 Å². The van der Waals surface area contributed by atoms with Crippen molar-refractivity contribution in [3.8, 4) is 0 Å². The van der Waals surface area contributed by atoms with Crippen LogP contribution in [0.1, 0.15) is 18.5 Å². The predicted molar refractivity (Wildman–Crippen MR) is 137 cm³/mol. The molecule has 12 heteroatoms. The van der Waals surface area contributed by atoms with Crippen LogP contribution in [0, 0.1) is 5.82 Å². The van der Waals surface area contributed by atoms with Gasteiger partial charge >= 0.3 is 0 Å². The molecule has 2 aromatic heterocycles. The Morgan fingerprint density at radius 1 is 1.06 bits per heavy atom. The topological polar surface area (TPSA) is 103 Å². The highest BCUT2D eigenvalue weighted by Gasteiger charge is 2.18. The molecule has 0 atom stereocenters. The second kappa shape index (κ2) is 11.5. The number of nitrogens with one attached hydrogen (secondary N) is 2. The van der Waals surface area contributed by atoms with Crippen LogP contribution in [-0.2, 0) is 11.3 Å².